The van der Waals surface area contributed by atoms with Gasteiger partial charge in [0.2, 0.25) is 0 Å². The number of hydrogen-bond acceptors (Lipinski definition) is 3. The highest BCUT2D eigenvalue weighted by Crippen LogP contribution is 2.33. The lowest BCUT2D eigenvalue weighted by atomic mass is 10.1. The molecule has 0 aliphatic heterocycles. The quantitative estimate of drug-likeness (QED) is 0.883. The number of carbonyl (C=O) groups is 2. The van der Waals surface area contributed by atoms with E-state index in [9.17, 15) is 9.59 Å². The van der Waals surface area contributed by atoms with Crippen LogP contribution >= 0.6 is 34.5 Å². The van der Waals surface area contributed by atoms with Crippen molar-refractivity contribution in [2.45, 2.75) is 13.8 Å². The standard InChI is InChI=1S/C14H12Cl2N2O2S/c1-6-7(2)21-14(10(6)12(17)19)18-13(20)8-4-3-5-9(15)11(8)16/h3-5H,1-2H3,(H2,17,19)(H,18,20). The average molecular weight is 343 g/mol. The van der Waals surface area contributed by atoms with Crippen LogP contribution in [0.1, 0.15) is 31.2 Å². The Hall–Kier alpha value is -1.56. The van der Waals surface area contributed by atoms with E-state index in [1.165, 1.54) is 11.3 Å². The second-order valence-corrected chi connectivity index (χ2v) is 6.42. The number of aryl methyl sites for hydroxylation is 1. The highest BCUT2D eigenvalue weighted by molar-refractivity contribution is 7.16. The van der Waals surface area contributed by atoms with E-state index in [1.807, 2.05) is 6.92 Å². The summed E-state index contributed by atoms with van der Waals surface area (Å²) < 4.78 is 0. The Bertz CT molecular complexity index is 741. The van der Waals surface area contributed by atoms with Crippen molar-refractivity contribution in [3.05, 3.63) is 49.8 Å². The third kappa shape index (κ3) is 3.05. The third-order valence-corrected chi connectivity index (χ3v) is 5.00. The van der Waals surface area contributed by atoms with Crippen LogP contribution in [-0.4, -0.2) is 11.8 Å². The molecule has 0 unspecified atom stereocenters. The zero-order chi connectivity index (χ0) is 15.7. The topological polar surface area (TPSA) is 72.2 Å². The summed E-state index contributed by atoms with van der Waals surface area (Å²) in [4.78, 5) is 24.7. The van der Waals surface area contributed by atoms with Crippen LogP contribution in [0.25, 0.3) is 0 Å². The van der Waals surface area contributed by atoms with Gasteiger partial charge in [-0.1, -0.05) is 29.3 Å². The van der Waals surface area contributed by atoms with Gasteiger partial charge in [-0.15, -0.1) is 11.3 Å². The molecule has 1 heterocycles. The van der Waals surface area contributed by atoms with E-state index in [0.29, 0.717) is 10.6 Å². The normalized spacial score (nSPS) is 10.5. The van der Waals surface area contributed by atoms with Gasteiger partial charge >= 0.3 is 0 Å². The zero-order valence-electron chi connectivity index (χ0n) is 11.3. The summed E-state index contributed by atoms with van der Waals surface area (Å²) in [6, 6.07) is 4.78. The second-order valence-electron chi connectivity index (χ2n) is 4.41. The van der Waals surface area contributed by atoms with E-state index >= 15 is 0 Å². The van der Waals surface area contributed by atoms with Gasteiger partial charge in [0, 0.05) is 4.88 Å². The van der Waals surface area contributed by atoms with Gasteiger partial charge in [0.15, 0.2) is 0 Å². The van der Waals surface area contributed by atoms with Crippen LogP contribution in [0.2, 0.25) is 10.0 Å². The van der Waals surface area contributed by atoms with Gasteiger partial charge in [0.05, 0.1) is 21.2 Å². The van der Waals surface area contributed by atoms with E-state index in [1.54, 1.807) is 25.1 Å². The molecule has 1 aromatic heterocycles. The first-order chi connectivity index (χ1) is 9.82. The number of benzene rings is 1. The van der Waals surface area contributed by atoms with Gasteiger partial charge in [-0.3, -0.25) is 9.59 Å². The lowest BCUT2D eigenvalue weighted by Gasteiger charge is -2.07. The van der Waals surface area contributed by atoms with Crippen molar-refractivity contribution in [2.24, 2.45) is 5.73 Å². The van der Waals surface area contributed by atoms with E-state index in [2.05, 4.69) is 5.32 Å². The van der Waals surface area contributed by atoms with Crippen molar-refractivity contribution in [1.82, 2.24) is 0 Å². The van der Waals surface area contributed by atoms with Crippen molar-refractivity contribution < 1.29 is 9.59 Å². The molecule has 0 aliphatic rings. The molecule has 0 bridgehead atoms. The first-order valence-corrected chi connectivity index (χ1v) is 7.55. The Labute approximate surface area is 135 Å². The number of nitrogens with one attached hydrogen (secondary N) is 1. The number of anilines is 1. The summed E-state index contributed by atoms with van der Waals surface area (Å²) in [5.41, 5.74) is 6.69. The third-order valence-electron chi connectivity index (χ3n) is 3.05. The fourth-order valence-electron chi connectivity index (χ4n) is 1.86. The summed E-state index contributed by atoms with van der Waals surface area (Å²) in [7, 11) is 0. The molecular formula is C14H12Cl2N2O2S. The molecule has 21 heavy (non-hydrogen) atoms. The van der Waals surface area contributed by atoms with E-state index in [-0.39, 0.29) is 15.6 Å². The van der Waals surface area contributed by atoms with E-state index in [0.717, 1.165) is 10.4 Å². The maximum atomic E-state index is 12.3. The fourth-order valence-corrected chi connectivity index (χ4v) is 3.31. The number of hydrogen-bond donors (Lipinski definition) is 2. The van der Waals surface area contributed by atoms with E-state index < -0.39 is 11.8 Å². The number of carbonyl (C=O) groups excluding carboxylic acids is 2. The number of halogens is 2. The first kappa shape index (κ1) is 15.8. The lowest BCUT2D eigenvalue weighted by Crippen LogP contribution is -2.17. The van der Waals surface area contributed by atoms with Crippen LogP contribution in [0, 0.1) is 13.8 Å². The largest absolute Gasteiger partial charge is 0.365 e. The number of rotatable bonds is 3. The zero-order valence-corrected chi connectivity index (χ0v) is 13.6. The molecule has 0 atom stereocenters. The molecule has 7 heteroatoms. The summed E-state index contributed by atoms with van der Waals surface area (Å²) in [6.45, 7) is 3.64. The van der Waals surface area contributed by atoms with Crippen molar-refractivity contribution >= 4 is 51.4 Å². The maximum absolute atomic E-state index is 12.3. The predicted molar refractivity (Wildman–Crippen MR) is 86.7 cm³/mol. The van der Waals surface area contributed by atoms with Gasteiger partial charge in [-0.2, -0.15) is 0 Å². The summed E-state index contributed by atoms with van der Waals surface area (Å²) in [5, 5.41) is 3.55. The predicted octanol–water partition coefficient (Wildman–Crippen LogP) is 4.02. The average Bonchev–Trinajstić information content (AvgIpc) is 2.67. The first-order valence-electron chi connectivity index (χ1n) is 5.98. The monoisotopic (exact) mass is 342 g/mol. The van der Waals surface area contributed by atoms with Crippen molar-refractivity contribution in [2.75, 3.05) is 5.32 Å². The minimum absolute atomic E-state index is 0.169. The minimum Gasteiger partial charge on any atom is -0.365 e. The van der Waals surface area contributed by atoms with Crippen molar-refractivity contribution in [3.8, 4) is 0 Å². The Morgan fingerprint density at radius 1 is 1.24 bits per heavy atom. The SMILES string of the molecule is Cc1sc(NC(=O)c2cccc(Cl)c2Cl)c(C(N)=O)c1C. The number of primary amides is 1. The molecule has 0 fully saturated rings. The molecule has 0 radical (unpaired) electrons. The Kier molecular flexibility index (Phi) is 4.56. The van der Waals surface area contributed by atoms with Crippen molar-refractivity contribution in [3.63, 3.8) is 0 Å². The number of thiophene rings is 1. The summed E-state index contributed by atoms with van der Waals surface area (Å²) in [6.07, 6.45) is 0. The molecule has 2 amide bonds. The Morgan fingerprint density at radius 2 is 1.90 bits per heavy atom. The Morgan fingerprint density at radius 3 is 2.52 bits per heavy atom. The molecule has 110 valence electrons. The molecular weight excluding hydrogens is 331 g/mol. The highest BCUT2D eigenvalue weighted by Gasteiger charge is 2.20. The van der Waals surface area contributed by atoms with Gasteiger partial charge in [0.25, 0.3) is 11.8 Å². The maximum Gasteiger partial charge on any atom is 0.257 e. The van der Waals surface area contributed by atoms with Crippen LogP contribution in [0.15, 0.2) is 18.2 Å². The number of amides is 2. The molecule has 4 nitrogen and oxygen atoms in total. The smallest absolute Gasteiger partial charge is 0.257 e. The van der Waals surface area contributed by atoms with Crippen molar-refractivity contribution in [1.29, 1.82) is 0 Å². The van der Waals surface area contributed by atoms with Crippen LogP contribution in [0.5, 0.6) is 0 Å². The van der Waals surface area contributed by atoms with Gasteiger partial charge in [0.1, 0.15) is 5.00 Å². The molecule has 0 spiro atoms. The molecule has 2 aromatic rings. The van der Waals surface area contributed by atoms with Crippen LogP contribution in [0.3, 0.4) is 0 Å². The van der Waals surface area contributed by atoms with Gasteiger partial charge in [-0.25, -0.2) is 0 Å². The van der Waals surface area contributed by atoms with Crippen LogP contribution < -0.4 is 11.1 Å². The molecule has 3 N–H and O–H groups in total. The molecule has 0 aliphatic carbocycles. The summed E-state index contributed by atoms with van der Waals surface area (Å²) >= 11 is 13.2. The van der Waals surface area contributed by atoms with Crippen LogP contribution in [0.4, 0.5) is 5.00 Å². The fraction of sp³-hybridized carbons (Fsp3) is 0.143. The highest BCUT2D eigenvalue weighted by atomic mass is 35.5. The van der Waals surface area contributed by atoms with Crippen LogP contribution in [-0.2, 0) is 0 Å². The van der Waals surface area contributed by atoms with E-state index in [4.69, 9.17) is 28.9 Å². The Balaban J connectivity index is 2.39. The molecule has 0 saturated heterocycles. The lowest BCUT2D eigenvalue weighted by molar-refractivity contribution is 0.100. The summed E-state index contributed by atoms with van der Waals surface area (Å²) in [5.74, 6) is -1.02. The van der Waals surface area contributed by atoms with Gasteiger partial charge < -0.3 is 11.1 Å². The minimum atomic E-state index is -0.579. The molecule has 2 rings (SSSR count). The number of nitrogens with two attached hydrogens (primary N) is 1. The molecule has 0 saturated carbocycles. The van der Waals surface area contributed by atoms with Gasteiger partial charge in [-0.05, 0) is 31.5 Å². The second kappa shape index (κ2) is 6.05. The molecule has 1 aromatic carbocycles.